The van der Waals surface area contributed by atoms with Crippen molar-refractivity contribution in [1.29, 1.82) is 0 Å². The number of carbonyl (C=O) groups is 1. The van der Waals surface area contributed by atoms with Crippen molar-refractivity contribution in [3.05, 3.63) is 30.1 Å². The molecular weight excluding hydrogens is 267 g/mol. The minimum Gasteiger partial charge on any atom is -0.308 e. The van der Waals surface area contributed by atoms with E-state index in [1.54, 1.807) is 23.1 Å². The lowest BCUT2D eigenvalue weighted by molar-refractivity contribution is -0.121. The Kier molecular flexibility index (Phi) is 5.74. The predicted octanol–water partition coefficient (Wildman–Crippen LogP) is 3.44. The molecule has 1 aliphatic heterocycles. The number of amides is 1. The van der Waals surface area contributed by atoms with E-state index in [1.807, 2.05) is 7.05 Å². The molecule has 1 amide bonds. The van der Waals surface area contributed by atoms with Crippen LogP contribution in [0, 0.1) is 5.82 Å². The Labute approximate surface area is 126 Å². The van der Waals surface area contributed by atoms with Gasteiger partial charge in [-0.15, -0.1) is 0 Å². The molecule has 0 bridgehead atoms. The maximum atomic E-state index is 13.8. The van der Waals surface area contributed by atoms with Crippen molar-refractivity contribution < 1.29 is 9.18 Å². The van der Waals surface area contributed by atoms with Gasteiger partial charge in [0.1, 0.15) is 5.82 Å². The van der Waals surface area contributed by atoms with Gasteiger partial charge in [0.25, 0.3) is 0 Å². The van der Waals surface area contributed by atoms with Gasteiger partial charge in [-0.05, 0) is 38.6 Å². The molecule has 0 radical (unpaired) electrons. The average Bonchev–Trinajstić information content (AvgIpc) is 2.86. The van der Waals surface area contributed by atoms with E-state index in [0.717, 1.165) is 19.4 Å². The van der Waals surface area contributed by atoms with Gasteiger partial charge >= 0.3 is 0 Å². The summed E-state index contributed by atoms with van der Waals surface area (Å²) in [5.41, 5.74) is 0.407. The number of para-hydroxylation sites is 1. The molecule has 116 valence electrons. The number of likely N-dealkylation sites (N-methyl/N-ethyl adjacent to an activating group) is 1. The van der Waals surface area contributed by atoms with Gasteiger partial charge in [-0.25, -0.2) is 4.39 Å². The van der Waals surface area contributed by atoms with Crippen LogP contribution in [0.5, 0.6) is 0 Å². The molecule has 1 unspecified atom stereocenters. The summed E-state index contributed by atoms with van der Waals surface area (Å²) in [7, 11) is 2.00. The molecule has 0 spiro atoms. The van der Waals surface area contributed by atoms with Crippen LogP contribution >= 0.6 is 0 Å². The van der Waals surface area contributed by atoms with Gasteiger partial charge in [0.15, 0.2) is 0 Å². The van der Waals surface area contributed by atoms with Gasteiger partial charge < -0.3 is 4.90 Å². The maximum Gasteiger partial charge on any atom is 0.244 e. The second kappa shape index (κ2) is 7.55. The molecule has 0 saturated carbocycles. The lowest BCUT2D eigenvalue weighted by atomic mass is 10.1. The number of benzene rings is 1. The van der Waals surface area contributed by atoms with Crippen molar-refractivity contribution in [1.82, 2.24) is 4.90 Å². The van der Waals surface area contributed by atoms with E-state index < -0.39 is 0 Å². The van der Waals surface area contributed by atoms with E-state index >= 15 is 0 Å². The highest BCUT2D eigenvalue weighted by atomic mass is 19.1. The average molecular weight is 292 g/mol. The second-order valence-electron chi connectivity index (χ2n) is 5.79. The maximum absolute atomic E-state index is 13.8. The van der Waals surface area contributed by atoms with Crippen molar-refractivity contribution >= 4 is 11.6 Å². The van der Waals surface area contributed by atoms with E-state index in [4.69, 9.17) is 0 Å². The summed E-state index contributed by atoms with van der Waals surface area (Å²) in [5.74, 6) is -0.296. The standard InChI is InChI=1S/C17H25FN2O/c1-3-4-5-8-12-19(2)16-11-13-20(17(16)21)15-10-7-6-9-14(15)18/h6-7,9-10,16H,3-5,8,11-13H2,1-2H3. The molecule has 1 aromatic rings. The zero-order valence-corrected chi connectivity index (χ0v) is 13.0. The third-order valence-electron chi connectivity index (χ3n) is 4.22. The van der Waals surface area contributed by atoms with Crippen LogP contribution in [0.2, 0.25) is 0 Å². The monoisotopic (exact) mass is 292 g/mol. The first-order chi connectivity index (χ1) is 10.1. The summed E-state index contributed by atoms with van der Waals surface area (Å²) in [5, 5.41) is 0. The molecule has 1 aromatic carbocycles. The molecule has 1 fully saturated rings. The molecule has 3 nitrogen and oxygen atoms in total. The number of hydrogen-bond acceptors (Lipinski definition) is 2. The van der Waals surface area contributed by atoms with Gasteiger partial charge in [0.05, 0.1) is 11.7 Å². The van der Waals surface area contributed by atoms with E-state index in [1.165, 1.54) is 25.3 Å². The molecule has 0 aliphatic carbocycles. The smallest absolute Gasteiger partial charge is 0.244 e. The van der Waals surface area contributed by atoms with Crippen LogP contribution < -0.4 is 4.90 Å². The molecule has 1 atom stereocenters. The second-order valence-corrected chi connectivity index (χ2v) is 5.79. The summed E-state index contributed by atoms with van der Waals surface area (Å²) in [6, 6.07) is 6.40. The normalized spacial score (nSPS) is 18.8. The first-order valence-electron chi connectivity index (χ1n) is 7.91. The van der Waals surface area contributed by atoms with Crippen molar-refractivity contribution in [3.63, 3.8) is 0 Å². The predicted molar refractivity (Wildman–Crippen MR) is 83.9 cm³/mol. The Balaban J connectivity index is 1.93. The number of carbonyl (C=O) groups excluding carboxylic acids is 1. The Hall–Kier alpha value is -1.42. The molecule has 2 rings (SSSR count). The minimum atomic E-state index is -0.322. The quantitative estimate of drug-likeness (QED) is 0.719. The van der Waals surface area contributed by atoms with Crippen LogP contribution in [0.3, 0.4) is 0 Å². The molecule has 0 aromatic heterocycles. The zero-order chi connectivity index (χ0) is 15.2. The van der Waals surface area contributed by atoms with Crippen LogP contribution in [0.4, 0.5) is 10.1 Å². The minimum absolute atomic E-state index is 0.0260. The molecular formula is C17H25FN2O. The number of unbranched alkanes of at least 4 members (excludes halogenated alkanes) is 3. The summed E-state index contributed by atoms with van der Waals surface area (Å²) in [6.45, 7) is 3.72. The van der Waals surface area contributed by atoms with E-state index in [-0.39, 0.29) is 17.8 Å². The highest BCUT2D eigenvalue weighted by Crippen LogP contribution is 2.26. The highest BCUT2D eigenvalue weighted by Gasteiger charge is 2.35. The molecule has 1 saturated heterocycles. The van der Waals surface area contributed by atoms with E-state index in [0.29, 0.717) is 12.2 Å². The third-order valence-corrected chi connectivity index (χ3v) is 4.22. The largest absolute Gasteiger partial charge is 0.308 e. The van der Waals surface area contributed by atoms with Crippen molar-refractivity contribution in [2.45, 2.75) is 45.1 Å². The SMILES string of the molecule is CCCCCCN(C)C1CCN(c2ccccc2F)C1=O. The van der Waals surface area contributed by atoms with Gasteiger partial charge in [-0.1, -0.05) is 38.3 Å². The van der Waals surface area contributed by atoms with Crippen LogP contribution in [0.1, 0.15) is 39.0 Å². The van der Waals surface area contributed by atoms with Gasteiger partial charge in [-0.3, -0.25) is 9.69 Å². The number of anilines is 1. The third kappa shape index (κ3) is 3.82. The van der Waals surface area contributed by atoms with Crippen LogP contribution in [0.15, 0.2) is 24.3 Å². The summed E-state index contributed by atoms with van der Waals surface area (Å²) in [4.78, 5) is 16.2. The Morgan fingerprint density at radius 2 is 2.05 bits per heavy atom. The van der Waals surface area contributed by atoms with Crippen LogP contribution in [-0.2, 0) is 4.79 Å². The molecule has 21 heavy (non-hydrogen) atoms. The van der Waals surface area contributed by atoms with Crippen LogP contribution in [0.25, 0.3) is 0 Å². The first kappa shape index (κ1) is 16.0. The fraction of sp³-hybridized carbons (Fsp3) is 0.588. The number of rotatable bonds is 7. The number of halogens is 1. The Morgan fingerprint density at radius 3 is 2.76 bits per heavy atom. The lowest BCUT2D eigenvalue weighted by Crippen LogP contribution is -2.40. The lowest BCUT2D eigenvalue weighted by Gasteiger charge is -2.24. The fourth-order valence-electron chi connectivity index (χ4n) is 2.93. The summed E-state index contributed by atoms with van der Waals surface area (Å²) < 4.78 is 13.8. The topological polar surface area (TPSA) is 23.6 Å². The van der Waals surface area contributed by atoms with E-state index in [2.05, 4.69) is 11.8 Å². The molecule has 1 heterocycles. The van der Waals surface area contributed by atoms with Crippen molar-refractivity contribution in [2.75, 3.05) is 25.0 Å². The van der Waals surface area contributed by atoms with Crippen molar-refractivity contribution in [2.24, 2.45) is 0 Å². The van der Waals surface area contributed by atoms with Crippen LogP contribution in [-0.4, -0.2) is 37.0 Å². The van der Waals surface area contributed by atoms with Gasteiger partial charge in [0, 0.05) is 6.54 Å². The first-order valence-corrected chi connectivity index (χ1v) is 7.91. The zero-order valence-electron chi connectivity index (χ0n) is 13.0. The summed E-state index contributed by atoms with van der Waals surface area (Å²) in [6.07, 6.45) is 5.56. The Bertz CT molecular complexity index is 478. The fourth-order valence-corrected chi connectivity index (χ4v) is 2.93. The molecule has 4 heteroatoms. The highest BCUT2D eigenvalue weighted by molar-refractivity contribution is 5.99. The number of nitrogens with zero attached hydrogens (tertiary/aromatic N) is 2. The molecule has 1 aliphatic rings. The van der Waals surface area contributed by atoms with Gasteiger partial charge in [0.2, 0.25) is 5.91 Å². The van der Waals surface area contributed by atoms with E-state index in [9.17, 15) is 9.18 Å². The summed E-state index contributed by atoms with van der Waals surface area (Å²) >= 11 is 0. The molecule has 0 N–H and O–H groups in total. The van der Waals surface area contributed by atoms with Gasteiger partial charge in [-0.2, -0.15) is 0 Å². The Morgan fingerprint density at radius 1 is 1.29 bits per heavy atom. The van der Waals surface area contributed by atoms with Crippen molar-refractivity contribution in [3.8, 4) is 0 Å². The number of hydrogen-bond donors (Lipinski definition) is 0.